The Hall–Kier alpha value is -4.85. The summed E-state index contributed by atoms with van der Waals surface area (Å²) in [5.74, 6) is 0. The SMILES string of the molecule is c1cc[c]([Ge]([c]2ccccc2)[c]2ccccc2)cc1.c1cc[c]([Ge][c]2ccccc2)cc1.c1cc[c]([Ge][c]2ccccc2)cc1.c1cc[c]([Ge][c]2ccccc2)cc1. The van der Waals surface area contributed by atoms with Crippen LogP contribution in [0.3, 0.4) is 0 Å². The van der Waals surface area contributed by atoms with Gasteiger partial charge in [0.15, 0.2) is 0 Å². The normalized spacial score (nSPS) is 10.1. The first-order valence-corrected chi connectivity index (χ1v) is 28.9. The monoisotopic (exact) mass is 989 g/mol. The van der Waals surface area contributed by atoms with Gasteiger partial charge in [-0.3, -0.25) is 0 Å². The predicted octanol–water partition coefficient (Wildman–Crippen LogP) is 6.23. The summed E-state index contributed by atoms with van der Waals surface area (Å²) >= 11 is -1.96. The minimum atomic E-state index is -1.63. The van der Waals surface area contributed by atoms with Crippen LogP contribution in [0, 0.1) is 0 Å². The van der Waals surface area contributed by atoms with Crippen molar-refractivity contribution in [3.8, 4) is 0 Å². The van der Waals surface area contributed by atoms with E-state index in [1.54, 1.807) is 0 Å². The number of hydrogen-bond acceptors (Lipinski definition) is 0. The molecule has 0 heterocycles. The molecule has 0 unspecified atom stereocenters. The Labute approximate surface area is 370 Å². The van der Waals surface area contributed by atoms with Gasteiger partial charge >= 0.3 is 373 Å². The molecule has 0 aliphatic heterocycles. The molecule has 277 valence electrons. The van der Waals surface area contributed by atoms with E-state index in [4.69, 9.17) is 0 Å². The zero-order valence-electron chi connectivity index (χ0n) is 32.5. The fraction of sp³-hybridized carbons (Fsp3) is 0. The molecule has 0 atom stereocenters. The molecule has 0 fully saturated rings. The molecule has 0 bridgehead atoms. The number of hydrogen-bond donors (Lipinski definition) is 0. The molecule has 4 heteroatoms. The molecule has 9 aromatic carbocycles. The van der Waals surface area contributed by atoms with Gasteiger partial charge in [0.25, 0.3) is 0 Å². The van der Waals surface area contributed by atoms with Gasteiger partial charge in [-0.15, -0.1) is 0 Å². The Balaban J connectivity index is 0.000000132. The van der Waals surface area contributed by atoms with Gasteiger partial charge < -0.3 is 0 Å². The van der Waals surface area contributed by atoms with Crippen molar-refractivity contribution < 1.29 is 0 Å². The summed E-state index contributed by atoms with van der Waals surface area (Å²) < 4.78 is 13.5. The van der Waals surface area contributed by atoms with E-state index in [1.807, 2.05) is 0 Å². The molecular formula is C54H45Ge4. The van der Waals surface area contributed by atoms with Crippen LogP contribution in [0.2, 0.25) is 0 Å². The van der Waals surface area contributed by atoms with Crippen LogP contribution in [0.1, 0.15) is 0 Å². The molecular weight excluding hydrogens is 939 g/mol. The van der Waals surface area contributed by atoms with E-state index in [0.717, 1.165) is 0 Å². The second-order valence-corrected chi connectivity index (χ2v) is 27.1. The summed E-state index contributed by atoms with van der Waals surface area (Å²) in [5.41, 5.74) is 0. The molecule has 0 aliphatic carbocycles. The zero-order chi connectivity index (χ0) is 39.7. The van der Waals surface area contributed by atoms with Crippen LogP contribution in [0.15, 0.2) is 273 Å². The molecule has 0 aliphatic rings. The molecule has 0 saturated carbocycles. The van der Waals surface area contributed by atoms with Gasteiger partial charge in [0.2, 0.25) is 0 Å². The van der Waals surface area contributed by atoms with Crippen LogP contribution in [0.5, 0.6) is 0 Å². The molecule has 0 spiro atoms. The maximum atomic E-state index is 2.27. The molecule has 0 N–H and O–H groups in total. The minimum absolute atomic E-state index is 0.108. The first kappa shape index (κ1) is 42.7. The van der Waals surface area contributed by atoms with Crippen LogP contribution in [-0.4, -0.2) is 60.6 Å². The van der Waals surface area contributed by atoms with E-state index < -0.39 is 14.3 Å². The van der Waals surface area contributed by atoms with E-state index in [1.165, 1.54) is 39.6 Å². The van der Waals surface area contributed by atoms with E-state index in [-0.39, 0.29) is 46.3 Å². The van der Waals surface area contributed by atoms with Crippen molar-refractivity contribution in [1.82, 2.24) is 0 Å². The van der Waals surface area contributed by atoms with Gasteiger partial charge in [-0.1, -0.05) is 0 Å². The zero-order valence-corrected chi connectivity index (χ0v) is 40.9. The Morgan fingerprint density at radius 2 is 0.310 bits per heavy atom. The fourth-order valence-electron chi connectivity index (χ4n) is 5.94. The van der Waals surface area contributed by atoms with Gasteiger partial charge in [0.1, 0.15) is 0 Å². The van der Waals surface area contributed by atoms with Crippen LogP contribution in [0.4, 0.5) is 0 Å². The number of benzene rings is 9. The summed E-state index contributed by atoms with van der Waals surface area (Å²) in [5, 5.41) is 0. The standard InChI is InChI=1S/C18H15Ge.3C12H10Ge/c1-4-10-16(11-5-1)19(17-12-6-2-7-13-17)18-14-8-3-9-15-18;3*1-3-7-11(8-4-1)13-12-9-5-2-6-10-12/h1-15H;3*1-10H. The first-order chi connectivity index (χ1) is 28.8. The Morgan fingerprint density at radius 1 is 0.172 bits per heavy atom. The van der Waals surface area contributed by atoms with E-state index in [0.29, 0.717) is 0 Å². The van der Waals surface area contributed by atoms with Gasteiger partial charge in [-0.25, -0.2) is 0 Å². The van der Waals surface area contributed by atoms with E-state index >= 15 is 0 Å². The third-order valence-corrected chi connectivity index (χ3v) is 22.3. The summed E-state index contributed by atoms with van der Waals surface area (Å²) in [6.07, 6.45) is 0. The molecule has 9 aromatic rings. The molecule has 58 heavy (non-hydrogen) atoms. The third-order valence-electron chi connectivity index (χ3n) is 8.70. The van der Waals surface area contributed by atoms with Crippen molar-refractivity contribution in [3.63, 3.8) is 0 Å². The van der Waals surface area contributed by atoms with Gasteiger partial charge in [-0.05, 0) is 0 Å². The summed E-state index contributed by atoms with van der Waals surface area (Å²) in [6.45, 7) is 0. The average Bonchev–Trinajstić information content (AvgIpc) is 3.30. The quantitative estimate of drug-likeness (QED) is 0.151. The Bertz CT molecular complexity index is 1980. The fourth-order valence-corrected chi connectivity index (χ4v) is 18.0. The summed E-state index contributed by atoms with van der Waals surface area (Å²) in [4.78, 5) is 0. The topological polar surface area (TPSA) is 0 Å². The van der Waals surface area contributed by atoms with Crippen LogP contribution < -0.4 is 39.6 Å². The molecule has 0 nitrogen and oxygen atoms in total. The Morgan fingerprint density at radius 3 is 0.466 bits per heavy atom. The van der Waals surface area contributed by atoms with Crippen LogP contribution in [-0.2, 0) is 0 Å². The molecule has 7 radical (unpaired) electrons. The van der Waals surface area contributed by atoms with Crippen molar-refractivity contribution in [2.24, 2.45) is 0 Å². The second kappa shape index (κ2) is 25.5. The van der Waals surface area contributed by atoms with Crippen molar-refractivity contribution in [3.05, 3.63) is 273 Å². The van der Waals surface area contributed by atoms with Crippen molar-refractivity contribution in [1.29, 1.82) is 0 Å². The first-order valence-electron chi connectivity index (χ1n) is 19.4. The van der Waals surface area contributed by atoms with E-state index in [2.05, 4.69) is 273 Å². The van der Waals surface area contributed by atoms with Gasteiger partial charge in [0.05, 0.1) is 0 Å². The molecule has 9 rings (SSSR count). The number of rotatable bonds is 9. The third kappa shape index (κ3) is 15.5. The molecule has 0 amide bonds. The molecule has 0 aromatic heterocycles. The van der Waals surface area contributed by atoms with E-state index in [9.17, 15) is 0 Å². The maximum absolute atomic E-state index is 2.27. The van der Waals surface area contributed by atoms with Crippen molar-refractivity contribution >= 4 is 100 Å². The summed E-state index contributed by atoms with van der Waals surface area (Å²) in [6, 6.07) is 97.2. The van der Waals surface area contributed by atoms with Gasteiger partial charge in [-0.2, -0.15) is 0 Å². The van der Waals surface area contributed by atoms with Gasteiger partial charge in [0, 0.05) is 0 Å². The summed E-state index contributed by atoms with van der Waals surface area (Å²) in [7, 11) is 0. The molecule has 0 saturated heterocycles. The van der Waals surface area contributed by atoms with Crippen molar-refractivity contribution in [2.45, 2.75) is 0 Å². The van der Waals surface area contributed by atoms with Crippen LogP contribution >= 0.6 is 0 Å². The van der Waals surface area contributed by atoms with Crippen LogP contribution in [0.25, 0.3) is 0 Å². The predicted molar refractivity (Wildman–Crippen MR) is 258 cm³/mol. The average molecular weight is 984 g/mol. The van der Waals surface area contributed by atoms with Crippen molar-refractivity contribution in [2.75, 3.05) is 0 Å². The second-order valence-electron chi connectivity index (χ2n) is 13.0. The Kier molecular flexibility index (Phi) is 18.8.